The van der Waals surface area contributed by atoms with Crippen LogP contribution in [0.15, 0.2) is 17.8 Å². The molecular formula is C14H20N4O5. The van der Waals surface area contributed by atoms with Crippen molar-refractivity contribution >= 4 is 23.4 Å². The normalized spacial score (nSPS) is 24.9. The van der Waals surface area contributed by atoms with Crippen LogP contribution in [0.4, 0.5) is 4.79 Å². The van der Waals surface area contributed by atoms with Crippen molar-refractivity contribution < 1.29 is 24.1 Å². The van der Waals surface area contributed by atoms with Crippen LogP contribution in [0.5, 0.6) is 0 Å². The van der Waals surface area contributed by atoms with E-state index >= 15 is 0 Å². The predicted octanol–water partition coefficient (Wildman–Crippen LogP) is -0.180. The third kappa shape index (κ3) is 3.50. The molecule has 3 amide bonds. The molecule has 2 bridgehead atoms. The van der Waals surface area contributed by atoms with Crippen LogP contribution >= 0.6 is 0 Å². The van der Waals surface area contributed by atoms with Crippen LogP contribution < -0.4 is 5.73 Å². The van der Waals surface area contributed by atoms with Crippen molar-refractivity contribution in [2.45, 2.75) is 31.8 Å². The number of nitrogens with two attached hydrogens (primary N) is 1. The second kappa shape index (κ2) is 7.23. The summed E-state index contributed by atoms with van der Waals surface area (Å²) >= 11 is 0. The van der Waals surface area contributed by atoms with E-state index in [1.54, 1.807) is 6.92 Å². The van der Waals surface area contributed by atoms with Gasteiger partial charge < -0.3 is 15.5 Å². The second-order valence-electron chi connectivity index (χ2n) is 5.23. The Labute approximate surface area is 133 Å². The number of ketones is 1. The summed E-state index contributed by atoms with van der Waals surface area (Å²) in [5.41, 5.74) is 5.81. The fourth-order valence-electron chi connectivity index (χ4n) is 2.46. The molecule has 2 fully saturated rings. The van der Waals surface area contributed by atoms with Crippen molar-refractivity contribution in [3.05, 3.63) is 12.7 Å². The second-order valence-corrected chi connectivity index (χ2v) is 5.23. The Hall–Kier alpha value is -2.42. The van der Waals surface area contributed by atoms with Gasteiger partial charge in [0.25, 0.3) is 0 Å². The molecule has 9 nitrogen and oxygen atoms in total. The molecule has 2 rings (SSSR count). The third-order valence-corrected chi connectivity index (χ3v) is 3.71. The summed E-state index contributed by atoms with van der Waals surface area (Å²) in [6.07, 6.45) is 2.00. The lowest BCUT2D eigenvalue weighted by molar-refractivity contribution is -0.124. The predicted molar refractivity (Wildman–Crippen MR) is 80.2 cm³/mol. The van der Waals surface area contributed by atoms with Crippen LogP contribution in [0.2, 0.25) is 0 Å². The van der Waals surface area contributed by atoms with E-state index in [9.17, 15) is 14.4 Å². The number of Topliss-reactive ketones (excluding diaryl/α,β-unsaturated/α-hetero) is 1. The largest absolute Gasteiger partial charge is 0.388 e. The zero-order chi connectivity index (χ0) is 17.0. The Morgan fingerprint density at radius 1 is 1.52 bits per heavy atom. The molecule has 2 aliphatic heterocycles. The highest BCUT2D eigenvalue weighted by Gasteiger charge is 2.51. The number of rotatable bonds is 8. The maximum atomic E-state index is 12.3. The maximum absolute atomic E-state index is 12.3. The molecule has 2 saturated heterocycles. The fraction of sp³-hybridized carbons (Fsp3) is 0.571. The van der Waals surface area contributed by atoms with E-state index in [4.69, 9.17) is 15.4 Å². The highest BCUT2D eigenvalue weighted by Crippen LogP contribution is 2.28. The van der Waals surface area contributed by atoms with Crippen molar-refractivity contribution in [2.75, 3.05) is 19.8 Å². The fourth-order valence-corrected chi connectivity index (χ4v) is 2.46. The average Bonchev–Trinajstić information content (AvgIpc) is 2.80. The molecule has 0 aliphatic carbocycles. The van der Waals surface area contributed by atoms with E-state index < -0.39 is 24.0 Å². The quantitative estimate of drug-likeness (QED) is 0.491. The highest BCUT2D eigenvalue weighted by atomic mass is 16.7. The molecular weight excluding hydrogens is 304 g/mol. The zero-order valence-corrected chi connectivity index (χ0v) is 12.9. The van der Waals surface area contributed by atoms with E-state index in [1.807, 2.05) is 0 Å². The molecule has 2 aliphatic rings. The van der Waals surface area contributed by atoms with E-state index in [0.717, 1.165) is 5.06 Å². The van der Waals surface area contributed by atoms with Crippen molar-refractivity contribution in [2.24, 2.45) is 10.9 Å². The Morgan fingerprint density at radius 2 is 2.26 bits per heavy atom. The van der Waals surface area contributed by atoms with Gasteiger partial charge in [-0.25, -0.2) is 4.79 Å². The first-order valence-corrected chi connectivity index (χ1v) is 7.33. The SMILES string of the molecule is C=CCON1C(=O)N2C[C@H]1C(=NOCC(=O)CC)C[C@H]2C(N)=O. The lowest BCUT2D eigenvalue weighted by Crippen LogP contribution is -2.51. The number of hydrogen-bond donors (Lipinski definition) is 1. The number of oxime groups is 1. The number of hydroxylamine groups is 2. The van der Waals surface area contributed by atoms with Gasteiger partial charge in [-0.1, -0.05) is 18.2 Å². The average molecular weight is 324 g/mol. The number of hydrogen-bond acceptors (Lipinski definition) is 6. The standard InChI is InChI=1S/C14H20N4O5/c1-3-5-23-18-12-7-17(14(18)21)11(13(15)20)6-10(12)16-22-8-9(19)4-2/h3,11-12H,1,4-8H2,2H3,(H2,15,20)/t11-,12-/m0/s1. The number of piperidine rings is 1. The molecule has 2 N–H and O–H groups in total. The van der Waals surface area contributed by atoms with Crippen LogP contribution in [0, 0.1) is 0 Å². The van der Waals surface area contributed by atoms with E-state index in [0.29, 0.717) is 12.1 Å². The summed E-state index contributed by atoms with van der Waals surface area (Å²) in [7, 11) is 0. The molecule has 0 unspecified atom stereocenters. The summed E-state index contributed by atoms with van der Waals surface area (Å²) in [5.74, 6) is -0.722. The summed E-state index contributed by atoms with van der Waals surface area (Å²) < 4.78 is 0. The van der Waals surface area contributed by atoms with E-state index in [2.05, 4.69) is 11.7 Å². The molecule has 126 valence electrons. The zero-order valence-electron chi connectivity index (χ0n) is 12.9. The van der Waals surface area contributed by atoms with Gasteiger partial charge in [0.1, 0.15) is 12.1 Å². The van der Waals surface area contributed by atoms with Gasteiger partial charge in [-0.3, -0.25) is 14.4 Å². The van der Waals surface area contributed by atoms with Gasteiger partial charge in [0.2, 0.25) is 5.91 Å². The summed E-state index contributed by atoms with van der Waals surface area (Å²) in [5, 5.41) is 5.08. The molecule has 0 radical (unpaired) electrons. The van der Waals surface area contributed by atoms with Gasteiger partial charge in [-0.2, -0.15) is 5.06 Å². The Morgan fingerprint density at radius 3 is 2.87 bits per heavy atom. The van der Waals surface area contributed by atoms with Crippen LogP contribution in [0.1, 0.15) is 19.8 Å². The molecule has 0 spiro atoms. The lowest BCUT2D eigenvalue weighted by atomic mass is 9.98. The number of carbonyl (C=O) groups excluding carboxylic acids is 3. The Kier molecular flexibility index (Phi) is 5.32. The summed E-state index contributed by atoms with van der Waals surface area (Å²) in [4.78, 5) is 46.9. The van der Waals surface area contributed by atoms with Gasteiger partial charge in [-0.15, -0.1) is 6.58 Å². The number of carbonyl (C=O) groups is 3. The van der Waals surface area contributed by atoms with Crippen molar-refractivity contribution in [3.8, 4) is 0 Å². The molecule has 0 saturated carbocycles. The smallest absolute Gasteiger partial charge is 0.345 e. The monoisotopic (exact) mass is 324 g/mol. The lowest BCUT2D eigenvalue weighted by Gasteiger charge is -2.28. The first-order chi connectivity index (χ1) is 11.0. The number of primary amides is 1. The molecule has 0 aromatic heterocycles. The van der Waals surface area contributed by atoms with Crippen LogP contribution in [0.3, 0.4) is 0 Å². The van der Waals surface area contributed by atoms with Crippen LogP contribution in [-0.2, 0) is 19.3 Å². The summed E-state index contributed by atoms with van der Waals surface area (Å²) in [6, 6.07) is -1.73. The number of nitrogens with zero attached hydrogens (tertiary/aromatic N) is 3. The minimum Gasteiger partial charge on any atom is -0.388 e. The minimum absolute atomic E-state index is 0.0968. The van der Waals surface area contributed by atoms with Gasteiger partial charge in [0.05, 0.1) is 18.9 Å². The number of amides is 3. The minimum atomic E-state index is -0.805. The highest BCUT2D eigenvalue weighted by molar-refractivity contribution is 6.02. The van der Waals surface area contributed by atoms with Crippen LogP contribution in [-0.4, -0.2) is 65.2 Å². The molecule has 0 aromatic rings. The van der Waals surface area contributed by atoms with Crippen LogP contribution in [0.25, 0.3) is 0 Å². The van der Waals surface area contributed by atoms with Gasteiger partial charge in [0, 0.05) is 12.8 Å². The van der Waals surface area contributed by atoms with Crippen molar-refractivity contribution in [3.63, 3.8) is 0 Å². The van der Waals surface area contributed by atoms with E-state index in [1.165, 1.54) is 11.0 Å². The Bertz CT molecular complexity index is 547. The molecule has 23 heavy (non-hydrogen) atoms. The topological polar surface area (TPSA) is 115 Å². The Balaban J connectivity index is 2.18. The molecule has 0 aromatic carbocycles. The van der Waals surface area contributed by atoms with Crippen molar-refractivity contribution in [1.82, 2.24) is 9.96 Å². The molecule has 9 heteroatoms. The van der Waals surface area contributed by atoms with Gasteiger partial charge >= 0.3 is 6.03 Å². The number of urea groups is 1. The first kappa shape index (κ1) is 16.9. The van der Waals surface area contributed by atoms with Gasteiger partial charge in [0.15, 0.2) is 12.4 Å². The van der Waals surface area contributed by atoms with Crippen molar-refractivity contribution in [1.29, 1.82) is 0 Å². The third-order valence-electron chi connectivity index (χ3n) is 3.71. The molecule has 2 atom stereocenters. The maximum Gasteiger partial charge on any atom is 0.345 e. The van der Waals surface area contributed by atoms with Gasteiger partial charge in [-0.05, 0) is 0 Å². The summed E-state index contributed by atoms with van der Waals surface area (Å²) in [6.45, 7) is 5.47. The molecule has 2 heterocycles. The number of fused-ring (bicyclic) bond motifs is 2. The van der Waals surface area contributed by atoms with E-state index in [-0.39, 0.29) is 32.0 Å². The first-order valence-electron chi connectivity index (χ1n) is 7.33.